The second-order valence-electron chi connectivity index (χ2n) is 4.25. The van der Waals surface area contributed by atoms with Crippen molar-refractivity contribution in [3.05, 3.63) is 22.7 Å². The van der Waals surface area contributed by atoms with Gasteiger partial charge in [0.25, 0.3) is 0 Å². The molecule has 0 spiro atoms. The molecule has 1 aromatic rings. The van der Waals surface area contributed by atoms with Gasteiger partial charge in [0.1, 0.15) is 5.54 Å². The summed E-state index contributed by atoms with van der Waals surface area (Å²) in [5, 5.41) is 0.519. The third-order valence-electron chi connectivity index (χ3n) is 3.41. The molecule has 0 amide bonds. The molecule has 5 heteroatoms. The van der Waals surface area contributed by atoms with Gasteiger partial charge >= 0.3 is 0 Å². The Bertz CT molecular complexity index is 519. The highest BCUT2D eigenvalue weighted by molar-refractivity contribution is 6.32. The molecule has 0 saturated heterocycles. The van der Waals surface area contributed by atoms with Gasteiger partial charge in [-0.2, -0.15) is 4.99 Å². The Hall–Kier alpha value is -1.51. The van der Waals surface area contributed by atoms with Crippen molar-refractivity contribution in [2.45, 2.75) is 24.8 Å². The number of aliphatic imine (C=N–C) groups is 1. The Balaban J connectivity index is 2.15. The number of ether oxygens (including phenoxy) is 2. The van der Waals surface area contributed by atoms with E-state index < -0.39 is 5.54 Å². The van der Waals surface area contributed by atoms with Gasteiger partial charge in [0.15, 0.2) is 11.5 Å². The van der Waals surface area contributed by atoms with E-state index >= 15 is 0 Å². The van der Waals surface area contributed by atoms with Crippen molar-refractivity contribution in [3.63, 3.8) is 0 Å². The van der Waals surface area contributed by atoms with Crippen LogP contribution in [0.4, 0.5) is 0 Å². The standard InChI is InChI=1S/C12H10ClNO3/c13-9-3-2-8(10-11(9)17-7-16-10)12(14-6-15)4-1-5-12/h2-3H,1,4-5,7H2. The summed E-state index contributed by atoms with van der Waals surface area (Å²) in [6, 6.07) is 3.61. The normalized spacial score (nSPS) is 19.4. The molecule has 0 bridgehead atoms. The summed E-state index contributed by atoms with van der Waals surface area (Å²) >= 11 is 6.02. The van der Waals surface area contributed by atoms with Crippen LogP contribution in [0.25, 0.3) is 0 Å². The van der Waals surface area contributed by atoms with Crippen LogP contribution < -0.4 is 9.47 Å². The van der Waals surface area contributed by atoms with Gasteiger partial charge in [0, 0.05) is 5.56 Å². The molecule has 1 aromatic carbocycles. The molecule has 0 radical (unpaired) electrons. The van der Waals surface area contributed by atoms with Crippen LogP contribution in [0.15, 0.2) is 17.1 Å². The molecule has 0 atom stereocenters. The topological polar surface area (TPSA) is 47.9 Å². The van der Waals surface area contributed by atoms with E-state index in [1.807, 2.05) is 6.07 Å². The van der Waals surface area contributed by atoms with Crippen molar-refractivity contribution < 1.29 is 14.3 Å². The van der Waals surface area contributed by atoms with Crippen LogP contribution in [0, 0.1) is 0 Å². The molecule has 3 rings (SSSR count). The smallest absolute Gasteiger partial charge is 0.235 e. The van der Waals surface area contributed by atoms with Crippen molar-refractivity contribution in [2.24, 2.45) is 4.99 Å². The summed E-state index contributed by atoms with van der Waals surface area (Å²) in [6.45, 7) is 0.160. The Morgan fingerprint density at radius 3 is 2.71 bits per heavy atom. The molecular weight excluding hydrogens is 242 g/mol. The van der Waals surface area contributed by atoms with Crippen LogP contribution in [0.1, 0.15) is 24.8 Å². The molecule has 1 fully saturated rings. The first kappa shape index (κ1) is 10.6. The average molecular weight is 252 g/mol. The second-order valence-corrected chi connectivity index (χ2v) is 4.66. The zero-order chi connectivity index (χ0) is 11.9. The maximum atomic E-state index is 10.6. The number of nitrogens with zero attached hydrogens (tertiary/aromatic N) is 1. The first-order valence-corrected chi connectivity index (χ1v) is 5.82. The van der Waals surface area contributed by atoms with E-state index in [4.69, 9.17) is 21.1 Å². The lowest BCUT2D eigenvalue weighted by Gasteiger charge is -2.37. The highest BCUT2D eigenvalue weighted by Gasteiger charge is 2.43. The van der Waals surface area contributed by atoms with Crippen LogP contribution >= 0.6 is 11.6 Å². The minimum atomic E-state index is -0.482. The predicted octanol–water partition coefficient (Wildman–Crippen LogP) is 2.78. The molecule has 1 heterocycles. The first-order chi connectivity index (χ1) is 8.27. The van der Waals surface area contributed by atoms with E-state index in [0.29, 0.717) is 16.5 Å². The molecule has 17 heavy (non-hydrogen) atoms. The molecule has 1 aliphatic heterocycles. The van der Waals surface area contributed by atoms with E-state index in [1.165, 1.54) is 0 Å². The van der Waals surface area contributed by atoms with E-state index in [9.17, 15) is 4.79 Å². The zero-order valence-corrected chi connectivity index (χ0v) is 9.79. The fourth-order valence-corrected chi connectivity index (χ4v) is 2.57. The largest absolute Gasteiger partial charge is 0.453 e. The van der Waals surface area contributed by atoms with E-state index in [1.54, 1.807) is 12.1 Å². The van der Waals surface area contributed by atoms with Gasteiger partial charge < -0.3 is 9.47 Å². The number of rotatable bonds is 2. The highest BCUT2D eigenvalue weighted by Crippen LogP contribution is 2.53. The number of isocyanates is 1. The number of carbonyl (C=O) groups excluding carboxylic acids is 1. The number of benzene rings is 1. The van der Waals surface area contributed by atoms with Crippen LogP contribution in [0.3, 0.4) is 0 Å². The van der Waals surface area contributed by atoms with Gasteiger partial charge in [-0.1, -0.05) is 17.7 Å². The molecule has 0 unspecified atom stereocenters. The lowest BCUT2D eigenvalue weighted by atomic mass is 9.72. The first-order valence-electron chi connectivity index (χ1n) is 5.44. The van der Waals surface area contributed by atoms with Gasteiger partial charge in [-0.15, -0.1) is 0 Å². The Morgan fingerprint density at radius 2 is 2.06 bits per heavy atom. The Kier molecular flexibility index (Phi) is 2.35. The summed E-state index contributed by atoms with van der Waals surface area (Å²) in [5.41, 5.74) is 0.397. The van der Waals surface area contributed by atoms with Crippen molar-refractivity contribution in [3.8, 4) is 11.5 Å². The third kappa shape index (κ3) is 1.45. The van der Waals surface area contributed by atoms with E-state index in [-0.39, 0.29) is 6.79 Å². The van der Waals surface area contributed by atoms with Crippen molar-refractivity contribution in [2.75, 3.05) is 6.79 Å². The maximum Gasteiger partial charge on any atom is 0.235 e. The summed E-state index contributed by atoms with van der Waals surface area (Å²) < 4.78 is 10.8. The van der Waals surface area contributed by atoms with E-state index in [2.05, 4.69) is 4.99 Å². The van der Waals surface area contributed by atoms with Gasteiger partial charge in [-0.25, -0.2) is 4.79 Å². The van der Waals surface area contributed by atoms with Gasteiger partial charge in [-0.05, 0) is 25.3 Å². The third-order valence-corrected chi connectivity index (χ3v) is 3.71. The van der Waals surface area contributed by atoms with Crippen LogP contribution in [0.5, 0.6) is 11.5 Å². The van der Waals surface area contributed by atoms with Crippen LogP contribution in [-0.4, -0.2) is 12.9 Å². The highest BCUT2D eigenvalue weighted by atomic mass is 35.5. The van der Waals surface area contributed by atoms with Crippen molar-refractivity contribution in [1.82, 2.24) is 0 Å². The monoisotopic (exact) mass is 251 g/mol. The molecule has 0 aromatic heterocycles. The number of hydrogen-bond donors (Lipinski definition) is 0. The molecule has 1 aliphatic carbocycles. The fourth-order valence-electron chi connectivity index (χ4n) is 2.37. The molecular formula is C12H10ClNO3. The Labute approximate surface area is 103 Å². The van der Waals surface area contributed by atoms with Gasteiger partial charge in [0.2, 0.25) is 12.9 Å². The maximum absolute atomic E-state index is 10.6. The molecule has 0 N–H and O–H groups in total. The fraction of sp³-hybridized carbons (Fsp3) is 0.417. The molecule has 1 saturated carbocycles. The summed E-state index contributed by atoms with van der Waals surface area (Å²) in [7, 11) is 0. The minimum absolute atomic E-state index is 0.160. The van der Waals surface area contributed by atoms with Crippen LogP contribution in [0.2, 0.25) is 5.02 Å². The lowest BCUT2D eigenvalue weighted by molar-refractivity contribution is 0.169. The van der Waals surface area contributed by atoms with Gasteiger partial charge in [0.05, 0.1) is 5.02 Å². The molecule has 88 valence electrons. The summed E-state index contributed by atoms with van der Waals surface area (Å²) in [6.07, 6.45) is 4.37. The van der Waals surface area contributed by atoms with Gasteiger partial charge in [-0.3, -0.25) is 0 Å². The molecule has 4 nitrogen and oxygen atoms in total. The second kappa shape index (κ2) is 3.76. The average Bonchev–Trinajstić information content (AvgIpc) is 2.74. The SMILES string of the molecule is O=C=NC1(c2ccc(Cl)c3c2OCO3)CCC1. The molecule has 2 aliphatic rings. The van der Waals surface area contributed by atoms with E-state index in [0.717, 1.165) is 24.8 Å². The number of fused-ring (bicyclic) bond motifs is 1. The van der Waals surface area contributed by atoms with Crippen LogP contribution in [-0.2, 0) is 10.3 Å². The Morgan fingerprint density at radius 1 is 1.29 bits per heavy atom. The number of halogens is 1. The minimum Gasteiger partial charge on any atom is -0.453 e. The summed E-state index contributed by atoms with van der Waals surface area (Å²) in [4.78, 5) is 14.5. The predicted molar refractivity (Wildman–Crippen MR) is 61.2 cm³/mol. The van der Waals surface area contributed by atoms with Crippen molar-refractivity contribution >= 4 is 17.7 Å². The summed E-state index contributed by atoms with van der Waals surface area (Å²) in [5.74, 6) is 1.17. The lowest BCUT2D eigenvalue weighted by Crippen LogP contribution is -2.32. The quantitative estimate of drug-likeness (QED) is 0.600. The zero-order valence-electron chi connectivity index (χ0n) is 9.03. The number of hydrogen-bond acceptors (Lipinski definition) is 4. The van der Waals surface area contributed by atoms with Crippen molar-refractivity contribution in [1.29, 1.82) is 0 Å².